The van der Waals surface area contributed by atoms with Crippen LogP contribution in [0.2, 0.25) is 0 Å². The van der Waals surface area contributed by atoms with Gasteiger partial charge >= 0.3 is 5.97 Å². The van der Waals surface area contributed by atoms with E-state index in [2.05, 4.69) is 13.8 Å². The quantitative estimate of drug-likeness (QED) is 0.755. The number of carbonyl (C=O) groups is 1. The lowest BCUT2D eigenvalue weighted by Gasteiger charge is -2.43. The number of aliphatic hydroxyl groups is 1. The molecule has 1 fully saturated rings. The molecule has 1 heterocycles. The molecule has 0 aromatic rings. The molecule has 1 N–H and O–H groups in total. The second-order valence-corrected chi connectivity index (χ2v) is 5.74. The fourth-order valence-electron chi connectivity index (χ4n) is 2.89. The Bertz CT molecular complexity index is 305. The molecular weight excluding hydrogens is 244 g/mol. The molecule has 0 saturated carbocycles. The Morgan fingerprint density at radius 1 is 1.47 bits per heavy atom. The van der Waals surface area contributed by atoms with E-state index in [4.69, 9.17) is 9.47 Å². The monoisotopic (exact) mass is 272 g/mol. The van der Waals surface area contributed by atoms with Gasteiger partial charge < -0.3 is 14.6 Å². The van der Waals surface area contributed by atoms with Crippen molar-refractivity contribution >= 4 is 5.97 Å². The minimum absolute atomic E-state index is 0.0785. The molecule has 0 aliphatic carbocycles. The Hall–Kier alpha value is -0.610. The molecule has 0 aromatic carbocycles. The van der Waals surface area contributed by atoms with Gasteiger partial charge in [0.15, 0.2) is 5.60 Å². The zero-order valence-corrected chi connectivity index (χ0v) is 12.7. The highest BCUT2D eigenvalue weighted by molar-refractivity contribution is 5.79. The van der Waals surface area contributed by atoms with Crippen LogP contribution in [0.15, 0.2) is 0 Å². The second-order valence-electron chi connectivity index (χ2n) is 5.74. The number of hydrogen-bond donors (Lipinski definition) is 1. The average molecular weight is 272 g/mol. The van der Waals surface area contributed by atoms with Crippen LogP contribution in [0.1, 0.15) is 59.8 Å². The summed E-state index contributed by atoms with van der Waals surface area (Å²) in [6.45, 7) is 8.77. The van der Waals surface area contributed by atoms with Gasteiger partial charge in [0.05, 0.1) is 12.2 Å². The minimum atomic E-state index is -1.36. The summed E-state index contributed by atoms with van der Waals surface area (Å²) in [6.07, 6.45) is 3.52. The standard InChI is InChI=1S/C15H28O4/c1-5-9-15(17,13(16)18-7-3)12-8-10-19-14(4,6-2)11-12/h12,17H,5-11H2,1-4H3. The fourth-order valence-corrected chi connectivity index (χ4v) is 2.89. The number of esters is 1. The normalized spacial score (nSPS) is 30.7. The van der Waals surface area contributed by atoms with Crippen LogP contribution in [0.5, 0.6) is 0 Å². The van der Waals surface area contributed by atoms with Crippen molar-refractivity contribution in [1.29, 1.82) is 0 Å². The first-order valence-corrected chi connectivity index (χ1v) is 7.45. The Kier molecular flexibility index (Phi) is 5.81. The van der Waals surface area contributed by atoms with E-state index in [1.807, 2.05) is 6.92 Å². The molecule has 3 atom stereocenters. The summed E-state index contributed by atoms with van der Waals surface area (Å²) in [5, 5.41) is 10.8. The van der Waals surface area contributed by atoms with Gasteiger partial charge in [-0.2, -0.15) is 0 Å². The summed E-state index contributed by atoms with van der Waals surface area (Å²) < 4.78 is 10.9. The van der Waals surface area contributed by atoms with Crippen LogP contribution in [0.3, 0.4) is 0 Å². The predicted octanol–water partition coefficient (Wildman–Crippen LogP) is 2.68. The molecule has 112 valence electrons. The van der Waals surface area contributed by atoms with E-state index in [1.54, 1.807) is 6.92 Å². The molecule has 1 saturated heterocycles. The van der Waals surface area contributed by atoms with Gasteiger partial charge in [-0.1, -0.05) is 20.3 Å². The van der Waals surface area contributed by atoms with Crippen molar-refractivity contribution in [2.24, 2.45) is 5.92 Å². The van der Waals surface area contributed by atoms with Crippen molar-refractivity contribution in [3.05, 3.63) is 0 Å². The molecule has 0 bridgehead atoms. The molecule has 0 aromatic heterocycles. The van der Waals surface area contributed by atoms with E-state index in [9.17, 15) is 9.90 Å². The molecule has 4 heteroatoms. The van der Waals surface area contributed by atoms with E-state index in [0.29, 0.717) is 32.5 Å². The molecule has 0 amide bonds. The Morgan fingerprint density at radius 3 is 2.68 bits per heavy atom. The van der Waals surface area contributed by atoms with Gasteiger partial charge in [0.2, 0.25) is 0 Å². The van der Waals surface area contributed by atoms with Gasteiger partial charge in [0.1, 0.15) is 0 Å². The van der Waals surface area contributed by atoms with Crippen molar-refractivity contribution in [3.63, 3.8) is 0 Å². The maximum atomic E-state index is 12.1. The molecule has 19 heavy (non-hydrogen) atoms. The predicted molar refractivity (Wildman–Crippen MR) is 73.9 cm³/mol. The summed E-state index contributed by atoms with van der Waals surface area (Å²) in [7, 11) is 0. The molecule has 1 aliphatic rings. The third-order valence-corrected chi connectivity index (χ3v) is 4.28. The van der Waals surface area contributed by atoms with Crippen molar-refractivity contribution in [2.75, 3.05) is 13.2 Å². The SMILES string of the molecule is CCCC(O)(C(=O)OCC)C1CCOC(C)(CC)C1. The summed E-state index contributed by atoms with van der Waals surface area (Å²) in [4.78, 5) is 12.1. The van der Waals surface area contributed by atoms with Crippen molar-refractivity contribution in [2.45, 2.75) is 71.0 Å². The van der Waals surface area contributed by atoms with E-state index < -0.39 is 11.6 Å². The van der Waals surface area contributed by atoms with E-state index in [-0.39, 0.29) is 11.5 Å². The van der Waals surface area contributed by atoms with Crippen LogP contribution < -0.4 is 0 Å². The maximum Gasteiger partial charge on any atom is 0.338 e. The highest BCUT2D eigenvalue weighted by Gasteiger charge is 2.48. The van der Waals surface area contributed by atoms with Gasteiger partial charge in [0.25, 0.3) is 0 Å². The topological polar surface area (TPSA) is 55.8 Å². The molecule has 4 nitrogen and oxygen atoms in total. The lowest BCUT2D eigenvalue weighted by molar-refractivity contribution is -0.185. The summed E-state index contributed by atoms with van der Waals surface area (Å²) in [5.74, 6) is -0.549. The van der Waals surface area contributed by atoms with Crippen molar-refractivity contribution < 1.29 is 19.4 Å². The van der Waals surface area contributed by atoms with Crippen LogP contribution in [0, 0.1) is 5.92 Å². The van der Waals surface area contributed by atoms with Crippen LogP contribution in [0.25, 0.3) is 0 Å². The minimum Gasteiger partial charge on any atom is -0.464 e. The highest BCUT2D eigenvalue weighted by atomic mass is 16.5. The largest absolute Gasteiger partial charge is 0.464 e. The summed E-state index contributed by atoms with van der Waals surface area (Å²) in [5.41, 5.74) is -1.60. The third-order valence-electron chi connectivity index (χ3n) is 4.28. The molecule has 1 aliphatic heterocycles. The maximum absolute atomic E-state index is 12.1. The number of hydrogen-bond acceptors (Lipinski definition) is 4. The van der Waals surface area contributed by atoms with E-state index in [1.165, 1.54) is 0 Å². The van der Waals surface area contributed by atoms with Crippen LogP contribution >= 0.6 is 0 Å². The second kappa shape index (κ2) is 6.71. The Balaban J connectivity index is 2.88. The number of carbonyl (C=O) groups excluding carboxylic acids is 1. The number of rotatable bonds is 6. The van der Waals surface area contributed by atoms with E-state index in [0.717, 1.165) is 12.8 Å². The highest BCUT2D eigenvalue weighted by Crippen LogP contribution is 2.39. The molecule has 3 unspecified atom stereocenters. The lowest BCUT2D eigenvalue weighted by atomic mass is 9.73. The van der Waals surface area contributed by atoms with Gasteiger partial charge in [-0.3, -0.25) is 0 Å². The lowest BCUT2D eigenvalue weighted by Crippen LogP contribution is -2.52. The summed E-state index contributed by atoms with van der Waals surface area (Å²) in [6, 6.07) is 0. The van der Waals surface area contributed by atoms with Gasteiger partial charge in [0, 0.05) is 12.5 Å². The van der Waals surface area contributed by atoms with Crippen molar-refractivity contribution in [1.82, 2.24) is 0 Å². The zero-order valence-electron chi connectivity index (χ0n) is 12.7. The zero-order chi connectivity index (χ0) is 14.5. The van der Waals surface area contributed by atoms with Crippen LogP contribution in [-0.2, 0) is 14.3 Å². The third kappa shape index (κ3) is 3.69. The molecule has 0 spiro atoms. The summed E-state index contributed by atoms with van der Waals surface area (Å²) >= 11 is 0. The Morgan fingerprint density at radius 2 is 2.16 bits per heavy atom. The molecule has 0 radical (unpaired) electrons. The van der Waals surface area contributed by atoms with Gasteiger partial charge in [-0.05, 0) is 39.5 Å². The first-order chi connectivity index (χ1) is 8.91. The average Bonchev–Trinajstić information content (AvgIpc) is 2.39. The van der Waals surface area contributed by atoms with Gasteiger partial charge in [-0.25, -0.2) is 4.79 Å². The molecule has 1 rings (SSSR count). The van der Waals surface area contributed by atoms with Crippen molar-refractivity contribution in [3.8, 4) is 0 Å². The van der Waals surface area contributed by atoms with Crippen LogP contribution in [-0.4, -0.2) is 35.5 Å². The molecular formula is C15H28O4. The van der Waals surface area contributed by atoms with Crippen LogP contribution in [0.4, 0.5) is 0 Å². The van der Waals surface area contributed by atoms with E-state index >= 15 is 0 Å². The first kappa shape index (κ1) is 16.4. The first-order valence-electron chi connectivity index (χ1n) is 7.45. The number of ether oxygens (including phenoxy) is 2. The smallest absolute Gasteiger partial charge is 0.338 e. The Labute approximate surface area is 116 Å². The van der Waals surface area contributed by atoms with Gasteiger partial charge in [-0.15, -0.1) is 0 Å². The fraction of sp³-hybridized carbons (Fsp3) is 0.933.